The van der Waals surface area contributed by atoms with Gasteiger partial charge in [-0.25, -0.2) is 0 Å². The number of fused-ring (bicyclic) bond motifs is 1. The number of hydrogen-bond donors (Lipinski definition) is 1. The average Bonchev–Trinajstić information content (AvgIpc) is 3.08. The molecule has 3 heteroatoms. The summed E-state index contributed by atoms with van der Waals surface area (Å²) in [4.78, 5) is 2.66. The van der Waals surface area contributed by atoms with Crippen LogP contribution in [0, 0.1) is 0 Å². The molecule has 106 valence electrons. The molecule has 1 N–H and O–H groups in total. The van der Waals surface area contributed by atoms with Crippen molar-refractivity contribution in [1.29, 1.82) is 0 Å². The second kappa shape index (κ2) is 5.14. The van der Waals surface area contributed by atoms with Crippen LogP contribution in [0.15, 0.2) is 29.6 Å². The number of benzene rings is 1. The van der Waals surface area contributed by atoms with Crippen LogP contribution in [-0.2, 0) is 6.54 Å². The monoisotopic (exact) mass is 286 g/mol. The van der Waals surface area contributed by atoms with Crippen molar-refractivity contribution in [3.63, 3.8) is 0 Å². The summed E-state index contributed by atoms with van der Waals surface area (Å²) >= 11 is 1.88. The first kappa shape index (κ1) is 12.8. The molecule has 1 aromatic carbocycles. The van der Waals surface area contributed by atoms with Crippen LogP contribution in [0.3, 0.4) is 0 Å². The summed E-state index contributed by atoms with van der Waals surface area (Å²) in [6.45, 7) is 4.69. The summed E-state index contributed by atoms with van der Waals surface area (Å²) < 4.78 is 1.42. The van der Waals surface area contributed by atoms with Crippen LogP contribution >= 0.6 is 11.3 Å². The highest BCUT2D eigenvalue weighted by atomic mass is 32.1. The van der Waals surface area contributed by atoms with E-state index in [1.54, 1.807) is 0 Å². The Kier molecular flexibility index (Phi) is 3.29. The zero-order valence-electron chi connectivity index (χ0n) is 11.9. The van der Waals surface area contributed by atoms with E-state index in [9.17, 15) is 0 Å². The Bertz CT molecular complexity index is 598. The molecule has 1 spiro atoms. The highest BCUT2D eigenvalue weighted by Gasteiger charge is 2.37. The van der Waals surface area contributed by atoms with E-state index in [2.05, 4.69) is 39.9 Å². The van der Waals surface area contributed by atoms with Gasteiger partial charge in [-0.2, -0.15) is 0 Å². The molecule has 1 aromatic heterocycles. The molecule has 1 aliphatic carbocycles. The van der Waals surface area contributed by atoms with Crippen molar-refractivity contribution in [2.75, 3.05) is 19.6 Å². The molecule has 2 nitrogen and oxygen atoms in total. The number of thiophene rings is 1. The molecular weight excluding hydrogens is 264 g/mol. The van der Waals surface area contributed by atoms with Gasteiger partial charge in [-0.3, -0.25) is 4.90 Å². The van der Waals surface area contributed by atoms with Crippen molar-refractivity contribution in [2.45, 2.75) is 37.8 Å². The maximum Gasteiger partial charge on any atom is 0.0346 e. The fraction of sp³-hybridized carbons (Fsp3) is 0.529. The van der Waals surface area contributed by atoms with Gasteiger partial charge in [0.15, 0.2) is 0 Å². The molecule has 2 aromatic rings. The van der Waals surface area contributed by atoms with Gasteiger partial charge in [0.05, 0.1) is 0 Å². The first-order valence-corrected chi connectivity index (χ1v) is 8.65. The summed E-state index contributed by atoms with van der Waals surface area (Å²) in [5.74, 6) is 0. The van der Waals surface area contributed by atoms with Gasteiger partial charge in [0.2, 0.25) is 0 Å². The average molecular weight is 286 g/mol. The molecule has 0 unspecified atom stereocenters. The Labute approximate surface area is 124 Å². The lowest BCUT2D eigenvalue weighted by Gasteiger charge is -2.41. The van der Waals surface area contributed by atoms with Crippen LogP contribution in [0.4, 0.5) is 0 Å². The Hall–Kier alpha value is -0.900. The van der Waals surface area contributed by atoms with Crippen molar-refractivity contribution >= 4 is 21.4 Å². The fourth-order valence-electron chi connectivity index (χ4n) is 3.96. The maximum absolute atomic E-state index is 3.80. The van der Waals surface area contributed by atoms with Crippen molar-refractivity contribution in [1.82, 2.24) is 10.2 Å². The highest BCUT2D eigenvalue weighted by molar-refractivity contribution is 7.17. The fourth-order valence-corrected chi connectivity index (χ4v) is 4.91. The van der Waals surface area contributed by atoms with Gasteiger partial charge in [-0.15, -0.1) is 11.3 Å². The largest absolute Gasteiger partial charge is 0.309 e. The van der Waals surface area contributed by atoms with Crippen LogP contribution in [0.25, 0.3) is 10.1 Å². The lowest BCUT2D eigenvalue weighted by atomic mass is 9.94. The second-order valence-corrected chi connectivity index (χ2v) is 7.29. The molecule has 2 aliphatic rings. The van der Waals surface area contributed by atoms with E-state index in [1.807, 2.05) is 11.3 Å². The first-order valence-electron chi connectivity index (χ1n) is 7.77. The van der Waals surface area contributed by atoms with Crippen molar-refractivity contribution in [3.05, 3.63) is 35.2 Å². The van der Waals surface area contributed by atoms with E-state index in [1.165, 1.54) is 54.4 Å². The minimum Gasteiger partial charge on any atom is -0.309 e. The molecular formula is C17H22N2S. The lowest BCUT2D eigenvalue weighted by molar-refractivity contribution is 0.129. The highest BCUT2D eigenvalue weighted by Crippen LogP contribution is 2.33. The Morgan fingerprint density at radius 2 is 2.05 bits per heavy atom. The Morgan fingerprint density at radius 1 is 1.20 bits per heavy atom. The number of piperazine rings is 1. The molecule has 1 saturated heterocycles. The second-order valence-electron chi connectivity index (χ2n) is 6.38. The standard InChI is InChI=1S/C17H22N2S/c1-2-6-16-15(5-1)14(12-20-16)11-19-10-9-18-17(13-19)7-3-4-8-17/h1-2,5-6,12,18H,3-4,7-11,13H2. The maximum atomic E-state index is 3.80. The summed E-state index contributed by atoms with van der Waals surface area (Å²) in [5, 5.41) is 7.61. The minimum absolute atomic E-state index is 0.435. The number of nitrogens with zero attached hydrogens (tertiary/aromatic N) is 1. The van der Waals surface area contributed by atoms with E-state index in [0.29, 0.717) is 5.54 Å². The third-order valence-electron chi connectivity index (χ3n) is 4.97. The van der Waals surface area contributed by atoms with Crippen molar-refractivity contribution in [3.8, 4) is 0 Å². The lowest BCUT2D eigenvalue weighted by Crippen LogP contribution is -2.58. The predicted octanol–water partition coefficient (Wildman–Crippen LogP) is 3.62. The normalized spacial score (nSPS) is 22.8. The van der Waals surface area contributed by atoms with Crippen LogP contribution < -0.4 is 5.32 Å². The van der Waals surface area contributed by atoms with Gasteiger partial charge in [-0.1, -0.05) is 31.0 Å². The molecule has 2 fully saturated rings. The molecule has 0 radical (unpaired) electrons. The SMILES string of the molecule is c1ccc2c(CN3CCNC4(CCCC4)C3)csc2c1. The number of nitrogens with one attached hydrogen (secondary N) is 1. The summed E-state index contributed by atoms with van der Waals surface area (Å²) in [6.07, 6.45) is 5.55. The molecule has 4 rings (SSSR count). The summed E-state index contributed by atoms with van der Waals surface area (Å²) in [6, 6.07) is 8.81. The smallest absolute Gasteiger partial charge is 0.0346 e. The van der Waals surface area contributed by atoms with Gasteiger partial charge in [0, 0.05) is 36.4 Å². The van der Waals surface area contributed by atoms with Gasteiger partial charge >= 0.3 is 0 Å². The zero-order valence-corrected chi connectivity index (χ0v) is 12.7. The molecule has 0 atom stereocenters. The zero-order chi connectivity index (χ0) is 13.4. The molecule has 20 heavy (non-hydrogen) atoms. The van der Waals surface area contributed by atoms with Gasteiger partial charge < -0.3 is 5.32 Å². The number of rotatable bonds is 2. The first-order chi connectivity index (χ1) is 9.85. The van der Waals surface area contributed by atoms with Crippen molar-refractivity contribution < 1.29 is 0 Å². The quantitative estimate of drug-likeness (QED) is 0.907. The van der Waals surface area contributed by atoms with Crippen LogP contribution in [0.1, 0.15) is 31.2 Å². The third-order valence-corrected chi connectivity index (χ3v) is 5.98. The third kappa shape index (κ3) is 2.28. The van der Waals surface area contributed by atoms with Gasteiger partial charge in [0.1, 0.15) is 0 Å². The van der Waals surface area contributed by atoms with Crippen LogP contribution in [0.5, 0.6) is 0 Å². The van der Waals surface area contributed by atoms with E-state index in [-0.39, 0.29) is 0 Å². The molecule has 2 heterocycles. The van der Waals surface area contributed by atoms with Crippen LogP contribution in [0.2, 0.25) is 0 Å². The summed E-state index contributed by atoms with van der Waals surface area (Å²) in [5.41, 5.74) is 1.95. The molecule has 1 saturated carbocycles. The van der Waals surface area contributed by atoms with E-state index < -0.39 is 0 Å². The van der Waals surface area contributed by atoms with Crippen molar-refractivity contribution in [2.24, 2.45) is 0 Å². The minimum atomic E-state index is 0.435. The van der Waals surface area contributed by atoms with E-state index in [4.69, 9.17) is 0 Å². The Balaban J connectivity index is 1.53. The predicted molar refractivity (Wildman–Crippen MR) is 86.3 cm³/mol. The molecule has 0 bridgehead atoms. The summed E-state index contributed by atoms with van der Waals surface area (Å²) in [7, 11) is 0. The topological polar surface area (TPSA) is 15.3 Å². The van der Waals surface area contributed by atoms with Gasteiger partial charge in [0.25, 0.3) is 0 Å². The molecule has 1 aliphatic heterocycles. The molecule has 0 amide bonds. The van der Waals surface area contributed by atoms with Gasteiger partial charge in [-0.05, 0) is 35.2 Å². The van der Waals surface area contributed by atoms with E-state index >= 15 is 0 Å². The van der Waals surface area contributed by atoms with Crippen LogP contribution in [-0.4, -0.2) is 30.1 Å². The van der Waals surface area contributed by atoms with E-state index in [0.717, 1.165) is 13.1 Å². The Morgan fingerprint density at radius 3 is 2.95 bits per heavy atom. The number of hydrogen-bond acceptors (Lipinski definition) is 3.